The third-order valence-electron chi connectivity index (χ3n) is 5.96. The van der Waals surface area contributed by atoms with E-state index in [1.54, 1.807) is 6.07 Å². The van der Waals surface area contributed by atoms with Gasteiger partial charge in [0.05, 0.1) is 0 Å². The molecule has 1 N–H and O–H groups in total. The zero-order chi connectivity index (χ0) is 18.9. The molecule has 5 nitrogen and oxygen atoms in total. The van der Waals surface area contributed by atoms with Crippen molar-refractivity contribution >= 4 is 16.7 Å². The van der Waals surface area contributed by atoms with E-state index in [2.05, 4.69) is 22.3 Å². The van der Waals surface area contributed by atoms with Crippen molar-refractivity contribution in [3.8, 4) is 5.75 Å². The molecule has 3 fully saturated rings. The van der Waals surface area contributed by atoms with Crippen LogP contribution >= 0.6 is 0 Å². The van der Waals surface area contributed by atoms with E-state index in [0.29, 0.717) is 24.0 Å². The quantitative estimate of drug-likeness (QED) is 0.735. The maximum absolute atomic E-state index is 12.6. The van der Waals surface area contributed by atoms with Crippen LogP contribution in [0.2, 0.25) is 0 Å². The number of carbonyl (C=O) groups excluding carboxylic acids is 1. The van der Waals surface area contributed by atoms with E-state index in [4.69, 9.17) is 9.15 Å². The maximum Gasteiger partial charge on any atom is 0.287 e. The Kier molecular flexibility index (Phi) is 4.53. The molecule has 1 unspecified atom stereocenters. The topological polar surface area (TPSA) is 54.7 Å². The Bertz CT molecular complexity index is 988. The highest BCUT2D eigenvalue weighted by Gasteiger charge is 2.35. The fourth-order valence-corrected chi connectivity index (χ4v) is 4.36. The summed E-state index contributed by atoms with van der Waals surface area (Å²) in [5.41, 5.74) is 0. The van der Waals surface area contributed by atoms with Crippen molar-refractivity contribution < 1.29 is 13.9 Å². The Labute approximate surface area is 164 Å². The van der Waals surface area contributed by atoms with E-state index >= 15 is 0 Å². The molecule has 1 atom stereocenters. The number of nitrogens with one attached hydrogen (secondary N) is 1. The lowest BCUT2D eigenvalue weighted by Crippen LogP contribution is -2.57. The average Bonchev–Trinajstić information content (AvgIpc) is 3.22. The Morgan fingerprint density at radius 1 is 1.07 bits per heavy atom. The largest absolute Gasteiger partial charge is 0.486 e. The van der Waals surface area contributed by atoms with Crippen molar-refractivity contribution in [1.29, 1.82) is 0 Å². The summed E-state index contributed by atoms with van der Waals surface area (Å²) in [6, 6.07) is 18.0. The molecular formula is C23H24N2O3. The van der Waals surface area contributed by atoms with Gasteiger partial charge in [0.25, 0.3) is 5.91 Å². The van der Waals surface area contributed by atoms with Crippen LogP contribution in [0.3, 0.4) is 0 Å². The Hall–Kier alpha value is -2.79. The lowest BCUT2D eigenvalue weighted by atomic mass is 9.84. The molecule has 28 heavy (non-hydrogen) atoms. The van der Waals surface area contributed by atoms with Crippen molar-refractivity contribution in [3.63, 3.8) is 0 Å². The summed E-state index contributed by atoms with van der Waals surface area (Å²) in [5.74, 6) is 2.25. The van der Waals surface area contributed by atoms with E-state index in [1.165, 1.54) is 18.2 Å². The summed E-state index contributed by atoms with van der Waals surface area (Å²) in [6.45, 7) is 3.57. The zero-order valence-corrected chi connectivity index (χ0v) is 15.8. The normalized spacial score (nSPS) is 23.6. The number of carbonyl (C=O) groups is 1. The fourth-order valence-electron chi connectivity index (χ4n) is 4.36. The van der Waals surface area contributed by atoms with E-state index in [0.717, 1.165) is 30.8 Å². The van der Waals surface area contributed by atoms with Crippen LogP contribution in [0.4, 0.5) is 0 Å². The second-order valence-corrected chi connectivity index (χ2v) is 7.78. The SMILES string of the molecule is O=C(NC1CN2CCC1CC2)c1ccc(COc2ccc3ccccc3c2)o1. The number of nitrogens with zero attached hydrogens (tertiary/aromatic N) is 1. The first kappa shape index (κ1) is 17.3. The number of fused-ring (bicyclic) bond motifs is 4. The number of ether oxygens (including phenoxy) is 1. The highest BCUT2D eigenvalue weighted by Crippen LogP contribution is 2.28. The van der Waals surface area contributed by atoms with Crippen LogP contribution in [0.1, 0.15) is 29.2 Å². The first-order valence-electron chi connectivity index (χ1n) is 9.98. The number of hydrogen-bond donors (Lipinski definition) is 1. The fraction of sp³-hybridized carbons (Fsp3) is 0.348. The summed E-state index contributed by atoms with van der Waals surface area (Å²) < 4.78 is 11.6. The summed E-state index contributed by atoms with van der Waals surface area (Å²) in [5, 5.41) is 5.47. The standard InChI is InChI=1S/C23H24N2O3/c26-23(24-21-14-25-11-9-17(21)10-12-25)22-8-7-20(28-22)15-27-19-6-5-16-3-1-2-4-18(16)13-19/h1-8,13,17,21H,9-12,14-15H2,(H,24,26). The molecule has 5 heteroatoms. The molecule has 6 rings (SSSR count). The van der Waals surface area contributed by atoms with E-state index in [1.807, 2.05) is 36.4 Å². The molecule has 3 aliphatic rings. The van der Waals surface area contributed by atoms with Crippen LogP contribution < -0.4 is 10.1 Å². The summed E-state index contributed by atoms with van der Waals surface area (Å²) in [4.78, 5) is 15.0. The van der Waals surface area contributed by atoms with Crippen LogP contribution in [0, 0.1) is 5.92 Å². The summed E-state index contributed by atoms with van der Waals surface area (Å²) in [6.07, 6.45) is 2.35. The average molecular weight is 376 g/mol. The smallest absolute Gasteiger partial charge is 0.287 e. The van der Waals surface area contributed by atoms with Crippen LogP contribution in [0.25, 0.3) is 10.8 Å². The van der Waals surface area contributed by atoms with Crippen molar-refractivity contribution in [2.45, 2.75) is 25.5 Å². The van der Waals surface area contributed by atoms with Crippen molar-refractivity contribution in [1.82, 2.24) is 10.2 Å². The van der Waals surface area contributed by atoms with E-state index in [9.17, 15) is 4.79 Å². The van der Waals surface area contributed by atoms with Crippen LogP contribution in [0.5, 0.6) is 5.75 Å². The molecule has 2 bridgehead atoms. The minimum Gasteiger partial charge on any atom is -0.486 e. The molecule has 0 radical (unpaired) electrons. The maximum atomic E-state index is 12.6. The predicted octanol–water partition coefficient (Wildman–Crippen LogP) is 3.84. The molecule has 0 spiro atoms. The highest BCUT2D eigenvalue weighted by atomic mass is 16.5. The third kappa shape index (κ3) is 3.50. The molecule has 1 amide bonds. The molecule has 144 valence electrons. The van der Waals surface area contributed by atoms with Gasteiger partial charge >= 0.3 is 0 Å². The Morgan fingerprint density at radius 3 is 2.68 bits per heavy atom. The van der Waals surface area contributed by atoms with E-state index < -0.39 is 0 Å². The van der Waals surface area contributed by atoms with Crippen molar-refractivity contribution in [2.75, 3.05) is 19.6 Å². The Balaban J connectivity index is 1.20. The van der Waals surface area contributed by atoms with Gasteiger partial charge in [-0.1, -0.05) is 30.3 Å². The van der Waals surface area contributed by atoms with Crippen molar-refractivity contribution in [3.05, 3.63) is 66.1 Å². The van der Waals surface area contributed by atoms with Gasteiger partial charge in [-0.15, -0.1) is 0 Å². The number of hydrogen-bond acceptors (Lipinski definition) is 4. The molecule has 3 saturated heterocycles. The zero-order valence-electron chi connectivity index (χ0n) is 15.8. The van der Waals surface area contributed by atoms with Gasteiger partial charge in [0.2, 0.25) is 0 Å². The second kappa shape index (κ2) is 7.32. The predicted molar refractivity (Wildman–Crippen MR) is 107 cm³/mol. The summed E-state index contributed by atoms with van der Waals surface area (Å²) in [7, 11) is 0. The van der Waals surface area contributed by atoms with Crippen LogP contribution in [0.15, 0.2) is 59.0 Å². The third-order valence-corrected chi connectivity index (χ3v) is 5.96. The van der Waals surface area contributed by atoms with Gasteiger partial charge in [-0.3, -0.25) is 4.79 Å². The second-order valence-electron chi connectivity index (χ2n) is 7.78. The highest BCUT2D eigenvalue weighted by molar-refractivity contribution is 5.91. The minimum absolute atomic E-state index is 0.129. The molecule has 2 aromatic carbocycles. The molecule has 4 heterocycles. The molecule has 3 aliphatic heterocycles. The number of rotatable bonds is 5. The first-order valence-corrected chi connectivity index (χ1v) is 9.98. The number of piperidine rings is 3. The van der Waals surface area contributed by atoms with Gasteiger partial charge in [-0.25, -0.2) is 0 Å². The lowest BCUT2D eigenvalue weighted by molar-refractivity contribution is 0.0604. The molecule has 0 aliphatic carbocycles. The first-order chi connectivity index (χ1) is 13.7. The minimum atomic E-state index is -0.129. The van der Waals surface area contributed by atoms with Gasteiger partial charge < -0.3 is 19.4 Å². The van der Waals surface area contributed by atoms with Crippen LogP contribution in [-0.4, -0.2) is 36.5 Å². The van der Waals surface area contributed by atoms with Gasteiger partial charge in [0, 0.05) is 12.6 Å². The molecule has 0 saturated carbocycles. The number of amides is 1. The molecule has 3 aromatic rings. The molecule has 1 aromatic heterocycles. The monoisotopic (exact) mass is 376 g/mol. The van der Waals surface area contributed by atoms with Crippen LogP contribution in [-0.2, 0) is 6.61 Å². The lowest BCUT2D eigenvalue weighted by Gasteiger charge is -2.44. The van der Waals surface area contributed by atoms with Crippen molar-refractivity contribution in [2.24, 2.45) is 5.92 Å². The Morgan fingerprint density at radius 2 is 1.89 bits per heavy atom. The number of benzene rings is 2. The van der Waals surface area contributed by atoms with Gasteiger partial charge in [-0.2, -0.15) is 0 Å². The van der Waals surface area contributed by atoms with Gasteiger partial charge in [0.15, 0.2) is 5.76 Å². The molecular weight excluding hydrogens is 352 g/mol. The van der Waals surface area contributed by atoms with Gasteiger partial charge in [0.1, 0.15) is 18.1 Å². The summed E-state index contributed by atoms with van der Waals surface area (Å²) >= 11 is 0. The van der Waals surface area contributed by atoms with Gasteiger partial charge in [-0.05, 0) is 66.9 Å². The number of furan rings is 1. The van der Waals surface area contributed by atoms with E-state index in [-0.39, 0.29) is 11.9 Å².